The molecule has 16 heavy (non-hydrogen) atoms. The topological polar surface area (TPSA) is 30.9 Å². The van der Waals surface area contributed by atoms with Gasteiger partial charge in [0, 0.05) is 45.3 Å². The smallest absolute Gasteiger partial charge is 0.0634 e. The molecule has 1 saturated heterocycles. The van der Waals surface area contributed by atoms with Crippen LogP contribution in [0, 0.1) is 0 Å². The van der Waals surface area contributed by atoms with Crippen LogP contribution in [0.15, 0.2) is 0 Å². The van der Waals surface area contributed by atoms with Crippen LogP contribution in [-0.4, -0.2) is 70.1 Å². The SMILES string of the molecule is COCCCOCCN1CCOCC1CCl. The first-order valence-electron chi connectivity index (χ1n) is 5.83. The minimum atomic E-state index is 0.345. The number of alkyl halides is 1. The summed E-state index contributed by atoms with van der Waals surface area (Å²) in [6.07, 6.45) is 0.957. The maximum absolute atomic E-state index is 5.88. The van der Waals surface area contributed by atoms with E-state index in [1.54, 1.807) is 7.11 Å². The molecule has 1 atom stereocenters. The zero-order valence-corrected chi connectivity index (χ0v) is 10.7. The fourth-order valence-corrected chi connectivity index (χ4v) is 2.00. The van der Waals surface area contributed by atoms with Gasteiger partial charge in [-0.15, -0.1) is 11.6 Å². The van der Waals surface area contributed by atoms with Gasteiger partial charge in [-0.3, -0.25) is 4.90 Å². The van der Waals surface area contributed by atoms with Crippen molar-refractivity contribution in [1.29, 1.82) is 0 Å². The lowest BCUT2D eigenvalue weighted by molar-refractivity contribution is -0.0136. The molecule has 0 saturated carbocycles. The molecular formula is C11H22ClNO3. The van der Waals surface area contributed by atoms with Crippen LogP contribution in [0.3, 0.4) is 0 Å². The number of rotatable bonds is 8. The maximum atomic E-state index is 5.88. The standard InChI is InChI=1S/C11H22ClNO3/c1-14-5-2-6-15-7-3-13-4-8-16-10-11(13)9-12/h11H,2-10H2,1H3. The summed E-state index contributed by atoms with van der Waals surface area (Å²) in [4.78, 5) is 2.34. The Hall–Kier alpha value is 0.130. The molecule has 1 fully saturated rings. The van der Waals surface area contributed by atoms with E-state index in [1.165, 1.54) is 0 Å². The van der Waals surface area contributed by atoms with Gasteiger partial charge in [-0.25, -0.2) is 0 Å². The summed E-state index contributed by atoms with van der Waals surface area (Å²) >= 11 is 5.88. The van der Waals surface area contributed by atoms with Crippen molar-refractivity contribution in [3.8, 4) is 0 Å². The van der Waals surface area contributed by atoms with Crippen molar-refractivity contribution in [3.05, 3.63) is 0 Å². The lowest BCUT2D eigenvalue weighted by Gasteiger charge is -2.34. The van der Waals surface area contributed by atoms with E-state index in [9.17, 15) is 0 Å². The number of morpholine rings is 1. The lowest BCUT2D eigenvalue weighted by atomic mass is 10.2. The van der Waals surface area contributed by atoms with Crippen molar-refractivity contribution < 1.29 is 14.2 Å². The average molecular weight is 252 g/mol. The van der Waals surface area contributed by atoms with Crippen molar-refractivity contribution in [2.75, 3.05) is 59.1 Å². The molecule has 0 aliphatic carbocycles. The third-order valence-corrected chi connectivity index (χ3v) is 3.04. The number of halogens is 1. The van der Waals surface area contributed by atoms with Crippen molar-refractivity contribution in [2.45, 2.75) is 12.5 Å². The van der Waals surface area contributed by atoms with Gasteiger partial charge in [-0.05, 0) is 6.42 Å². The van der Waals surface area contributed by atoms with Gasteiger partial charge < -0.3 is 14.2 Å². The van der Waals surface area contributed by atoms with Crippen LogP contribution < -0.4 is 0 Å². The highest BCUT2D eigenvalue weighted by Gasteiger charge is 2.21. The second-order valence-electron chi connectivity index (χ2n) is 3.88. The number of ether oxygens (including phenoxy) is 3. The second-order valence-corrected chi connectivity index (χ2v) is 4.19. The maximum Gasteiger partial charge on any atom is 0.0634 e. The molecule has 1 rings (SSSR count). The summed E-state index contributed by atoms with van der Waals surface area (Å²) in [5, 5.41) is 0. The van der Waals surface area contributed by atoms with E-state index in [1.807, 2.05) is 0 Å². The van der Waals surface area contributed by atoms with Crippen LogP contribution in [0.4, 0.5) is 0 Å². The summed E-state index contributed by atoms with van der Waals surface area (Å²) in [7, 11) is 1.71. The molecule has 1 unspecified atom stereocenters. The molecule has 4 nitrogen and oxygen atoms in total. The Morgan fingerprint density at radius 1 is 1.38 bits per heavy atom. The molecule has 0 amide bonds. The Morgan fingerprint density at radius 2 is 2.25 bits per heavy atom. The van der Waals surface area contributed by atoms with E-state index in [0.29, 0.717) is 11.9 Å². The minimum absolute atomic E-state index is 0.345. The highest BCUT2D eigenvalue weighted by Crippen LogP contribution is 2.07. The third-order valence-electron chi connectivity index (χ3n) is 2.69. The molecule has 1 aliphatic rings. The molecular weight excluding hydrogens is 230 g/mol. The molecule has 1 heterocycles. The predicted octanol–water partition coefficient (Wildman–Crippen LogP) is 0.979. The van der Waals surface area contributed by atoms with Gasteiger partial charge in [0.15, 0.2) is 0 Å². The highest BCUT2D eigenvalue weighted by molar-refractivity contribution is 6.18. The summed E-state index contributed by atoms with van der Waals surface area (Å²) in [5.74, 6) is 0.629. The molecule has 0 radical (unpaired) electrons. The number of hydrogen-bond donors (Lipinski definition) is 0. The Morgan fingerprint density at radius 3 is 3.00 bits per heavy atom. The highest BCUT2D eigenvalue weighted by atomic mass is 35.5. The Balaban J connectivity index is 2.02. The second kappa shape index (κ2) is 9.19. The first kappa shape index (κ1) is 14.2. The predicted molar refractivity (Wildman–Crippen MR) is 64.2 cm³/mol. The molecule has 0 N–H and O–H groups in total. The number of hydrogen-bond acceptors (Lipinski definition) is 4. The van der Waals surface area contributed by atoms with Gasteiger partial charge in [0.05, 0.1) is 19.8 Å². The number of methoxy groups -OCH3 is 1. The largest absolute Gasteiger partial charge is 0.385 e. The first-order chi connectivity index (χ1) is 7.88. The Bertz CT molecular complexity index is 171. The Kier molecular flexibility index (Phi) is 8.15. The van der Waals surface area contributed by atoms with Crippen molar-refractivity contribution in [3.63, 3.8) is 0 Å². The average Bonchev–Trinajstić information content (AvgIpc) is 2.34. The number of nitrogens with zero attached hydrogens (tertiary/aromatic N) is 1. The molecule has 96 valence electrons. The van der Waals surface area contributed by atoms with E-state index in [4.69, 9.17) is 25.8 Å². The fourth-order valence-electron chi connectivity index (χ4n) is 1.71. The van der Waals surface area contributed by atoms with Crippen LogP contribution in [0.5, 0.6) is 0 Å². The van der Waals surface area contributed by atoms with E-state index >= 15 is 0 Å². The van der Waals surface area contributed by atoms with Gasteiger partial charge in [0.2, 0.25) is 0 Å². The third kappa shape index (κ3) is 5.46. The summed E-state index contributed by atoms with van der Waals surface area (Å²) < 4.78 is 15.9. The molecule has 5 heteroatoms. The van der Waals surface area contributed by atoms with Crippen molar-refractivity contribution in [1.82, 2.24) is 4.90 Å². The van der Waals surface area contributed by atoms with Gasteiger partial charge in [0.1, 0.15) is 0 Å². The summed E-state index contributed by atoms with van der Waals surface area (Å²) in [5.41, 5.74) is 0. The summed E-state index contributed by atoms with van der Waals surface area (Å²) in [6, 6.07) is 0.345. The quantitative estimate of drug-likeness (QED) is 0.475. The van der Waals surface area contributed by atoms with Gasteiger partial charge >= 0.3 is 0 Å². The molecule has 0 aromatic rings. The molecule has 0 bridgehead atoms. The van der Waals surface area contributed by atoms with Crippen LogP contribution >= 0.6 is 11.6 Å². The van der Waals surface area contributed by atoms with Crippen LogP contribution in [-0.2, 0) is 14.2 Å². The van der Waals surface area contributed by atoms with Crippen molar-refractivity contribution in [2.24, 2.45) is 0 Å². The van der Waals surface area contributed by atoms with E-state index < -0.39 is 0 Å². The van der Waals surface area contributed by atoms with Crippen LogP contribution in [0.1, 0.15) is 6.42 Å². The van der Waals surface area contributed by atoms with Crippen molar-refractivity contribution >= 4 is 11.6 Å². The molecule has 1 aliphatic heterocycles. The zero-order chi connectivity index (χ0) is 11.6. The fraction of sp³-hybridized carbons (Fsp3) is 1.00. The Labute approximate surface area is 103 Å². The summed E-state index contributed by atoms with van der Waals surface area (Å²) in [6.45, 7) is 5.74. The lowest BCUT2D eigenvalue weighted by Crippen LogP contribution is -2.47. The van der Waals surface area contributed by atoms with Gasteiger partial charge in [-0.1, -0.05) is 0 Å². The molecule has 0 aromatic heterocycles. The van der Waals surface area contributed by atoms with Gasteiger partial charge in [0.25, 0.3) is 0 Å². The first-order valence-corrected chi connectivity index (χ1v) is 6.36. The van der Waals surface area contributed by atoms with Crippen LogP contribution in [0.25, 0.3) is 0 Å². The minimum Gasteiger partial charge on any atom is -0.385 e. The zero-order valence-electron chi connectivity index (χ0n) is 9.99. The molecule has 0 spiro atoms. The van der Waals surface area contributed by atoms with E-state index in [2.05, 4.69) is 4.90 Å². The monoisotopic (exact) mass is 251 g/mol. The van der Waals surface area contributed by atoms with E-state index in [-0.39, 0.29) is 0 Å². The van der Waals surface area contributed by atoms with Crippen LogP contribution in [0.2, 0.25) is 0 Å². The van der Waals surface area contributed by atoms with E-state index in [0.717, 1.165) is 52.5 Å². The van der Waals surface area contributed by atoms with Gasteiger partial charge in [-0.2, -0.15) is 0 Å². The molecule has 0 aromatic carbocycles. The normalized spacial score (nSPS) is 22.5.